The minimum Gasteiger partial charge on any atom is -0.391 e. The molecule has 1 rings (SSSR count). The molecule has 1 aromatic rings. The standard InChI is InChI=1S/C11H18BrNO3S2/c1-3-5-6-13(4-2)18(15,16)10-7-9(8-14)17-11(10)12/h7,14H,3-6,8H2,1-2H3. The minimum atomic E-state index is -3.46. The Hall–Kier alpha value is 0.0500. The van der Waals surface area contributed by atoms with Crippen LogP contribution in [0.15, 0.2) is 14.7 Å². The normalized spacial score (nSPS) is 12.3. The second-order valence-corrected chi connectivity index (χ2v) is 8.22. The molecular formula is C11H18BrNO3S2. The van der Waals surface area contributed by atoms with Gasteiger partial charge in [0.15, 0.2) is 0 Å². The Morgan fingerprint density at radius 1 is 1.44 bits per heavy atom. The Bertz CT molecular complexity index is 484. The largest absolute Gasteiger partial charge is 0.391 e. The van der Waals surface area contributed by atoms with Crippen molar-refractivity contribution < 1.29 is 13.5 Å². The highest BCUT2D eigenvalue weighted by Crippen LogP contribution is 2.33. The van der Waals surface area contributed by atoms with E-state index in [4.69, 9.17) is 5.11 Å². The zero-order valence-electron chi connectivity index (χ0n) is 10.5. The van der Waals surface area contributed by atoms with E-state index in [-0.39, 0.29) is 11.5 Å². The minimum absolute atomic E-state index is 0.139. The van der Waals surface area contributed by atoms with Gasteiger partial charge in [0.2, 0.25) is 10.0 Å². The molecule has 0 saturated carbocycles. The fourth-order valence-electron chi connectivity index (χ4n) is 1.57. The second kappa shape index (κ2) is 7.00. The van der Waals surface area contributed by atoms with E-state index in [0.29, 0.717) is 21.8 Å². The van der Waals surface area contributed by atoms with E-state index in [1.807, 2.05) is 13.8 Å². The number of unbranched alkanes of at least 4 members (excludes halogenated alkanes) is 1. The number of nitrogens with zero attached hydrogens (tertiary/aromatic N) is 1. The third-order valence-corrected chi connectivity index (χ3v) is 6.81. The highest BCUT2D eigenvalue weighted by molar-refractivity contribution is 9.11. The Kier molecular flexibility index (Phi) is 6.26. The lowest BCUT2D eigenvalue weighted by Crippen LogP contribution is -2.31. The molecule has 0 aliphatic heterocycles. The number of thiophene rings is 1. The quantitative estimate of drug-likeness (QED) is 0.817. The number of aliphatic hydroxyl groups excluding tert-OH is 1. The summed E-state index contributed by atoms with van der Waals surface area (Å²) in [6.45, 7) is 4.72. The lowest BCUT2D eigenvalue weighted by Gasteiger charge is -2.19. The van der Waals surface area contributed by atoms with Gasteiger partial charge in [0.25, 0.3) is 0 Å². The molecule has 0 bridgehead atoms. The van der Waals surface area contributed by atoms with Crippen LogP contribution in [0.25, 0.3) is 0 Å². The van der Waals surface area contributed by atoms with Gasteiger partial charge in [0.1, 0.15) is 4.90 Å². The summed E-state index contributed by atoms with van der Waals surface area (Å²) in [6.07, 6.45) is 1.81. The number of hydrogen-bond donors (Lipinski definition) is 1. The highest BCUT2D eigenvalue weighted by atomic mass is 79.9. The van der Waals surface area contributed by atoms with Gasteiger partial charge in [-0.15, -0.1) is 11.3 Å². The molecule has 4 nitrogen and oxygen atoms in total. The van der Waals surface area contributed by atoms with Gasteiger partial charge in [0, 0.05) is 18.0 Å². The van der Waals surface area contributed by atoms with Crippen molar-refractivity contribution in [3.05, 3.63) is 14.7 Å². The summed E-state index contributed by atoms with van der Waals surface area (Å²) in [7, 11) is -3.46. The number of hydrogen-bond acceptors (Lipinski definition) is 4. The summed E-state index contributed by atoms with van der Waals surface area (Å²) in [5.41, 5.74) is 0. The first-order valence-electron chi connectivity index (χ1n) is 5.86. The molecule has 104 valence electrons. The van der Waals surface area contributed by atoms with Crippen molar-refractivity contribution in [2.24, 2.45) is 0 Å². The van der Waals surface area contributed by atoms with Gasteiger partial charge in [-0.25, -0.2) is 8.42 Å². The van der Waals surface area contributed by atoms with Crippen LogP contribution in [0.3, 0.4) is 0 Å². The van der Waals surface area contributed by atoms with Crippen LogP contribution in [0.1, 0.15) is 31.6 Å². The van der Waals surface area contributed by atoms with Crippen LogP contribution in [-0.2, 0) is 16.6 Å². The lowest BCUT2D eigenvalue weighted by atomic mass is 10.3. The lowest BCUT2D eigenvalue weighted by molar-refractivity contribution is 0.285. The first kappa shape index (κ1) is 16.1. The molecule has 0 saturated heterocycles. The molecule has 0 aliphatic rings. The van der Waals surface area contributed by atoms with Crippen molar-refractivity contribution in [2.75, 3.05) is 13.1 Å². The molecule has 0 unspecified atom stereocenters. The fraction of sp³-hybridized carbons (Fsp3) is 0.636. The molecule has 18 heavy (non-hydrogen) atoms. The maximum absolute atomic E-state index is 12.4. The van der Waals surface area contributed by atoms with Crippen molar-refractivity contribution in [1.29, 1.82) is 0 Å². The predicted octanol–water partition coefficient (Wildman–Crippen LogP) is 2.81. The van der Waals surface area contributed by atoms with E-state index in [1.165, 1.54) is 15.6 Å². The summed E-state index contributed by atoms with van der Waals surface area (Å²) in [5.74, 6) is 0. The van der Waals surface area contributed by atoms with Crippen molar-refractivity contribution in [1.82, 2.24) is 4.31 Å². The van der Waals surface area contributed by atoms with Crippen LogP contribution in [-0.4, -0.2) is 30.9 Å². The first-order chi connectivity index (χ1) is 8.47. The van der Waals surface area contributed by atoms with Crippen molar-refractivity contribution in [3.8, 4) is 0 Å². The maximum atomic E-state index is 12.4. The van der Waals surface area contributed by atoms with E-state index >= 15 is 0 Å². The van der Waals surface area contributed by atoms with E-state index in [0.717, 1.165) is 12.8 Å². The third-order valence-electron chi connectivity index (χ3n) is 2.59. The van der Waals surface area contributed by atoms with Crippen molar-refractivity contribution >= 4 is 37.3 Å². The third kappa shape index (κ3) is 3.54. The van der Waals surface area contributed by atoms with E-state index in [2.05, 4.69) is 15.9 Å². The monoisotopic (exact) mass is 355 g/mol. The van der Waals surface area contributed by atoms with E-state index in [9.17, 15) is 8.42 Å². The number of aliphatic hydroxyl groups is 1. The Balaban J connectivity index is 3.06. The molecular weight excluding hydrogens is 338 g/mol. The van der Waals surface area contributed by atoms with E-state index in [1.54, 1.807) is 6.07 Å². The van der Waals surface area contributed by atoms with Gasteiger partial charge in [-0.05, 0) is 28.4 Å². The van der Waals surface area contributed by atoms with Gasteiger partial charge in [-0.2, -0.15) is 4.31 Å². The molecule has 1 N–H and O–H groups in total. The Morgan fingerprint density at radius 2 is 2.11 bits per heavy atom. The van der Waals surface area contributed by atoms with Gasteiger partial charge in [-0.3, -0.25) is 0 Å². The molecule has 0 spiro atoms. The van der Waals surface area contributed by atoms with Crippen LogP contribution < -0.4 is 0 Å². The fourth-order valence-corrected chi connectivity index (χ4v) is 5.55. The van der Waals surface area contributed by atoms with Crippen LogP contribution >= 0.6 is 27.3 Å². The molecule has 1 heterocycles. The van der Waals surface area contributed by atoms with Gasteiger partial charge in [-0.1, -0.05) is 20.3 Å². The second-order valence-electron chi connectivity index (χ2n) is 3.86. The smallest absolute Gasteiger partial charge is 0.245 e. The van der Waals surface area contributed by atoms with Crippen molar-refractivity contribution in [3.63, 3.8) is 0 Å². The first-order valence-corrected chi connectivity index (χ1v) is 8.91. The molecule has 0 aliphatic carbocycles. The van der Waals surface area contributed by atoms with Crippen molar-refractivity contribution in [2.45, 2.75) is 38.2 Å². The number of sulfonamides is 1. The molecule has 0 aromatic carbocycles. The zero-order chi connectivity index (χ0) is 13.8. The summed E-state index contributed by atoms with van der Waals surface area (Å²) in [4.78, 5) is 0.904. The van der Waals surface area contributed by atoms with Gasteiger partial charge in [0.05, 0.1) is 10.4 Å². The Labute approximate surface area is 121 Å². The number of rotatable bonds is 7. The molecule has 0 fully saturated rings. The number of halogens is 1. The van der Waals surface area contributed by atoms with Crippen LogP contribution in [0.5, 0.6) is 0 Å². The van der Waals surface area contributed by atoms with Gasteiger partial charge >= 0.3 is 0 Å². The summed E-state index contributed by atoms with van der Waals surface area (Å²) < 4.78 is 26.9. The molecule has 0 amide bonds. The van der Waals surface area contributed by atoms with Crippen LogP contribution in [0.2, 0.25) is 0 Å². The Morgan fingerprint density at radius 3 is 2.56 bits per heavy atom. The van der Waals surface area contributed by atoms with E-state index < -0.39 is 10.0 Å². The zero-order valence-corrected chi connectivity index (χ0v) is 13.7. The summed E-state index contributed by atoms with van der Waals surface area (Å²) in [5, 5.41) is 9.06. The molecule has 1 aromatic heterocycles. The van der Waals surface area contributed by atoms with Crippen LogP contribution in [0, 0.1) is 0 Å². The molecule has 0 atom stereocenters. The predicted molar refractivity (Wildman–Crippen MR) is 77.3 cm³/mol. The average Bonchev–Trinajstić information content (AvgIpc) is 2.72. The average molecular weight is 356 g/mol. The highest BCUT2D eigenvalue weighted by Gasteiger charge is 2.26. The van der Waals surface area contributed by atoms with Gasteiger partial charge < -0.3 is 5.11 Å². The maximum Gasteiger partial charge on any atom is 0.245 e. The summed E-state index contributed by atoms with van der Waals surface area (Å²) in [6, 6.07) is 1.54. The topological polar surface area (TPSA) is 57.6 Å². The van der Waals surface area contributed by atoms with Crippen LogP contribution in [0.4, 0.5) is 0 Å². The summed E-state index contributed by atoms with van der Waals surface area (Å²) >= 11 is 4.51. The molecule has 0 radical (unpaired) electrons. The molecule has 7 heteroatoms. The SMILES string of the molecule is CCCCN(CC)S(=O)(=O)c1cc(CO)sc1Br.